The molecule has 0 saturated heterocycles. The second kappa shape index (κ2) is 8.29. The second-order valence-corrected chi connectivity index (χ2v) is 6.95. The van der Waals surface area contributed by atoms with E-state index in [4.69, 9.17) is 0 Å². The van der Waals surface area contributed by atoms with E-state index in [-0.39, 0.29) is 17.8 Å². The summed E-state index contributed by atoms with van der Waals surface area (Å²) in [5.41, 5.74) is 3.33. The Morgan fingerprint density at radius 1 is 0.933 bits per heavy atom. The average molecular weight is 401 g/mol. The van der Waals surface area contributed by atoms with Gasteiger partial charge in [-0.05, 0) is 53.9 Å². The van der Waals surface area contributed by atoms with Crippen LogP contribution in [0.25, 0.3) is 5.57 Å². The predicted molar refractivity (Wildman–Crippen MR) is 113 cm³/mol. The Bertz CT molecular complexity index is 1110. The number of benzene rings is 2. The van der Waals surface area contributed by atoms with E-state index in [1.165, 1.54) is 29.8 Å². The molecule has 0 fully saturated rings. The smallest absolute Gasteiger partial charge is 0.278 e. The molecule has 4 rings (SSSR count). The third kappa shape index (κ3) is 3.85. The highest BCUT2D eigenvalue weighted by atomic mass is 19.1. The van der Waals surface area contributed by atoms with Gasteiger partial charge in [-0.15, -0.1) is 0 Å². The van der Waals surface area contributed by atoms with Gasteiger partial charge in [-0.25, -0.2) is 4.39 Å². The first kappa shape index (κ1) is 19.5. The van der Waals surface area contributed by atoms with Crippen LogP contribution in [-0.2, 0) is 22.6 Å². The molecule has 0 aliphatic carbocycles. The van der Waals surface area contributed by atoms with Crippen LogP contribution in [0.15, 0.2) is 78.6 Å². The van der Waals surface area contributed by atoms with Gasteiger partial charge in [-0.2, -0.15) is 0 Å². The fraction of sp³-hybridized carbons (Fsp3) is 0.125. The maximum atomic E-state index is 13.4. The molecule has 2 aromatic carbocycles. The van der Waals surface area contributed by atoms with Gasteiger partial charge in [0.05, 0.1) is 17.8 Å². The largest absolute Gasteiger partial charge is 0.350 e. The SMILES string of the molecule is CCc1ccc(NC2=C(c3ccc(F)cc3)C(=O)N(Cc3ccccn3)C2=O)cc1. The first-order valence-corrected chi connectivity index (χ1v) is 9.69. The molecular weight excluding hydrogens is 381 g/mol. The molecule has 6 heteroatoms. The summed E-state index contributed by atoms with van der Waals surface area (Å²) in [7, 11) is 0. The summed E-state index contributed by atoms with van der Waals surface area (Å²) in [6.45, 7) is 2.12. The van der Waals surface area contributed by atoms with Crippen molar-refractivity contribution in [2.24, 2.45) is 0 Å². The van der Waals surface area contributed by atoms with Gasteiger partial charge in [-0.1, -0.05) is 37.3 Å². The predicted octanol–water partition coefficient (Wildman–Crippen LogP) is 4.18. The highest BCUT2D eigenvalue weighted by Gasteiger charge is 2.39. The van der Waals surface area contributed by atoms with Crippen molar-refractivity contribution < 1.29 is 14.0 Å². The molecule has 1 N–H and O–H groups in total. The molecule has 1 aromatic heterocycles. The number of rotatable bonds is 6. The molecule has 2 heterocycles. The van der Waals surface area contributed by atoms with Crippen LogP contribution in [0.2, 0.25) is 0 Å². The van der Waals surface area contributed by atoms with E-state index in [9.17, 15) is 14.0 Å². The molecule has 5 nitrogen and oxygen atoms in total. The maximum absolute atomic E-state index is 13.4. The Kier molecular flexibility index (Phi) is 5.39. The van der Waals surface area contributed by atoms with Gasteiger partial charge in [0.1, 0.15) is 11.5 Å². The van der Waals surface area contributed by atoms with E-state index in [1.54, 1.807) is 24.4 Å². The molecule has 1 aliphatic rings. The van der Waals surface area contributed by atoms with Crippen LogP contribution in [0.3, 0.4) is 0 Å². The highest BCUT2D eigenvalue weighted by Crippen LogP contribution is 2.31. The molecule has 30 heavy (non-hydrogen) atoms. The Morgan fingerprint density at radius 2 is 1.67 bits per heavy atom. The lowest BCUT2D eigenvalue weighted by Gasteiger charge is -2.14. The zero-order chi connectivity index (χ0) is 21.1. The molecule has 0 unspecified atom stereocenters. The lowest BCUT2D eigenvalue weighted by atomic mass is 10.0. The molecule has 0 atom stereocenters. The van der Waals surface area contributed by atoms with Crippen LogP contribution in [0.1, 0.15) is 23.7 Å². The van der Waals surface area contributed by atoms with Crippen molar-refractivity contribution in [3.05, 3.63) is 101 Å². The molecule has 150 valence electrons. The van der Waals surface area contributed by atoms with E-state index in [1.807, 2.05) is 24.3 Å². The minimum Gasteiger partial charge on any atom is -0.350 e. The van der Waals surface area contributed by atoms with Crippen LogP contribution in [-0.4, -0.2) is 21.7 Å². The summed E-state index contributed by atoms with van der Waals surface area (Å²) in [6, 6.07) is 18.5. The molecule has 0 spiro atoms. The fourth-order valence-electron chi connectivity index (χ4n) is 3.34. The highest BCUT2D eigenvalue weighted by molar-refractivity contribution is 6.36. The number of hydrogen-bond acceptors (Lipinski definition) is 4. The zero-order valence-corrected chi connectivity index (χ0v) is 16.4. The number of nitrogens with one attached hydrogen (secondary N) is 1. The minimum absolute atomic E-state index is 0.0587. The van der Waals surface area contributed by atoms with Crippen LogP contribution < -0.4 is 5.32 Å². The monoisotopic (exact) mass is 401 g/mol. The number of halogens is 1. The summed E-state index contributed by atoms with van der Waals surface area (Å²) >= 11 is 0. The van der Waals surface area contributed by atoms with Gasteiger partial charge in [0.15, 0.2) is 0 Å². The number of carbonyl (C=O) groups is 2. The lowest BCUT2D eigenvalue weighted by molar-refractivity contribution is -0.137. The first-order valence-electron chi connectivity index (χ1n) is 9.69. The van der Waals surface area contributed by atoms with Crippen molar-refractivity contribution in [2.75, 3.05) is 5.32 Å². The topological polar surface area (TPSA) is 62.3 Å². The zero-order valence-electron chi connectivity index (χ0n) is 16.4. The van der Waals surface area contributed by atoms with Gasteiger partial charge in [0.2, 0.25) is 0 Å². The Hall–Kier alpha value is -3.80. The Morgan fingerprint density at radius 3 is 2.30 bits per heavy atom. The van der Waals surface area contributed by atoms with Crippen molar-refractivity contribution in [3.8, 4) is 0 Å². The first-order chi connectivity index (χ1) is 14.6. The van der Waals surface area contributed by atoms with Crippen LogP contribution in [0.5, 0.6) is 0 Å². The van der Waals surface area contributed by atoms with Crippen molar-refractivity contribution >= 4 is 23.1 Å². The fourth-order valence-corrected chi connectivity index (χ4v) is 3.34. The summed E-state index contributed by atoms with van der Waals surface area (Å²) in [6.07, 6.45) is 2.52. The van der Waals surface area contributed by atoms with Gasteiger partial charge >= 0.3 is 0 Å². The van der Waals surface area contributed by atoms with Gasteiger partial charge < -0.3 is 5.32 Å². The summed E-state index contributed by atoms with van der Waals surface area (Å²) in [5.74, 6) is -1.29. The van der Waals surface area contributed by atoms with E-state index in [2.05, 4.69) is 17.2 Å². The van der Waals surface area contributed by atoms with Gasteiger partial charge in [0.25, 0.3) is 11.8 Å². The maximum Gasteiger partial charge on any atom is 0.278 e. The standard InChI is InChI=1S/C24H20FN3O2/c1-2-16-6-12-19(13-7-16)27-22-21(17-8-10-18(25)11-9-17)23(29)28(24(22)30)15-20-5-3-4-14-26-20/h3-14,27H,2,15H2,1H3. The van der Waals surface area contributed by atoms with Gasteiger partial charge in [0, 0.05) is 11.9 Å². The van der Waals surface area contributed by atoms with E-state index < -0.39 is 17.6 Å². The molecule has 0 saturated carbocycles. The van der Waals surface area contributed by atoms with E-state index >= 15 is 0 Å². The molecule has 3 aromatic rings. The number of carbonyl (C=O) groups excluding carboxylic acids is 2. The summed E-state index contributed by atoms with van der Waals surface area (Å²) in [5, 5.41) is 3.10. The van der Waals surface area contributed by atoms with Gasteiger partial charge in [-0.3, -0.25) is 19.5 Å². The third-order valence-corrected chi connectivity index (χ3v) is 4.98. The summed E-state index contributed by atoms with van der Waals surface area (Å²) < 4.78 is 13.4. The number of hydrogen-bond donors (Lipinski definition) is 1. The Labute approximate surface area is 173 Å². The number of nitrogens with zero attached hydrogens (tertiary/aromatic N) is 2. The molecule has 0 radical (unpaired) electrons. The molecule has 2 amide bonds. The number of aryl methyl sites for hydroxylation is 1. The van der Waals surface area contributed by atoms with Crippen molar-refractivity contribution in [2.45, 2.75) is 19.9 Å². The lowest BCUT2D eigenvalue weighted by Crippen LogP contribution is -2.32. The van der Waals surface area contributed by atoms with Crippen molar-refractivity contribution in [1.29, 1.82) is 0 Å². The third-order valence-electron chi connectivity index (χ3n) is 4.98. The van der Waals surface area contributed by atoms with Crippen LogP contribution >= 0.6 is 0 Å². The number of aromatic nitrogens is 1. The number of anilines is 1. The Balaban J connectivity index is 1.72. The number of imide groups is 1. The minimum atomic E-state index is -0.440. The van der Waals surface area contributed by atoms with Crippen molar-refractivity contribution in [3.63, 3.8) is 0 Å². The second-order valence-electron chi connectivity index (χ2n) is 6.95. The summed E-state index contributed by atoms with van der Waals surface area (Å²) in [4.78, 5) is 31.7. The van der Waals surface area contributed by atoms with Crippen LogP contribution in [0.4, 0.5) is 10.1 Å². The van der Waals surface area contributed by atoms with Crippen molar-refractivity contribution in [1.82, 2.24) is 9.88 Å². The molecule has 0 bridgehead atoms. The molecule has 1 aliphatic heterocycles. The normalized spacial score (nSPS) is 13.9. The average Bonchev–Trinajstić information content (AvgIpc) is 3.00. The van der Waals surface area contributed by atoms with Crippen LogP contribution in [0, 0.1) is 5.82 Å². The number of amides is 2. The quantitative estimate of drug-likeness (QED) is 0.630. The van der Waals surface area contributed by atoms with E-state index in [0.717, 1.165) is 11.3 Å². The number of pyridine rings is 1. The van der Waals surface area contributed by atoms with E-state index in [0.29, 0.717) is 16.9 Å². The molecular formula is C24H20FN3O2.